The van der Waals surface area contributed by atoms with Gasteiger partial charge >= 0.3 is 7.12 Å². The van der Waals surface area contributed by atoms with E-state index in [4.69, 9.17) is 20.0 Å². The van der Waals surface area contributed by atoms with Gasteiger partial charge in [0.25, 0.3) is 0 Å². The van der Waals surface area contributed by atoms with Gasteiger partial charge in [0, 0.05) is 0 Å². The minimum absolute atomic E-state index is 0.397. The van der Waals surface area contributed by atoms with Crippen molar-refractivity contribution in [3.05, 3.63) is 53.6 Å². The molecule has 0 radical (unpaired) electrons. The molecule has 0 saturated heterocycles. The summed E-state index contributed by atoms with van der Waals surface area (Å²) in [5.41, 5.74) is 1.86. The van der Waals surface area contributed by atoms with E-state index in [2.05, 4.69) is 6.07 Å². The molecule has 19 heavy (non-hydrogen) atoms. The quantitative estimate of drug-likeness (QED) is 0.809. The van der Waals surface area contributed by atoms with Gasteiger partial charge in [-0.05, 0) is 42.2 Å². The first-order valence-electron chi connectivity index (χ1n) is 5.75. The molecule has 2 aromatic carbocycles. The van der Waals surface area contributed by atoms with Crippen molar-refractivity contribution >= 4 is 12.6 Å². The summed E-state index contributed by atoms with van der Waals surface area (Å²) in [6.45, 7) is 1.86. The summed E-state index contributed by atoms with van der Waals surface area (Å²) in [5, 5.41) is 26.9. The van der Waals surface area contributed by atoms with Gasteiger partial charge in [0.1, 0.15) is 11.5 Å². The monoisotopic (exact) mass is 253 g/mol. The maximum absolute atomic E-state index is 8.98. The zero-order valence-electron chi connectivity index (χ0n) is 10.4. The van der Waals surface area contributed by atoms with Crippen LogP contribution >= 0.6 is 0 Å². The Morgan fingerprint density at radius 3 is 2.26 bits per heavy atom. The summed E-state index contributed by atoms with van der Waals surface area (Å²) in [5.74, 6) is 1.14. The Labute approximate surface area is 111 Å². The molecule has 0 amide bonds. The van der Waals surface area contributed by atoms with Gasteiger partial charge in [0.05, 0.1) is 11.6 Å². The van der Waals surface area contributed by atoms with Gasteiger partial charge in [0.15, 0.2) is 0 Å². The van der Waals surface area contributed by atoms with E-state index in [0.29, 0.717) is 22.5 Å². The second-order valence-corrected chi connectivity index (χ2v) is 4.13. The third-order valence-electron chi connectivity index (χ3n) is 2.74. The van der Waals surface area contributed by atoms with Crippen molar-refractivity contribution in [1.29, 1.82) is 5.26 Å². The van der Waals surface area contributed by atoms with Crippen molar-refractivity contribution in [2.24, 2.45) is 0 Å². The van der Waals surface area contributed by atoms with E-state index in [0.717, 1.165) is 5.56 Å². The molecule has 2 N–H and O–H groups in total. The van der Waals surface area contributed by atoms with Crippen LogP contribution in [0.2, 0.25) is 0 Å². The van der Waals surface area contributed by atoms with Gasteiger partial charge in [-0.2, -0.15) is 5.26 Å². The minimum atomic E-state index is -1.49. The van der Waals surface area contributed by atoms with E-state index >= 15 is 0 Å². The van der Waals surface area contributed by atoms with Crippen LogP contribution in [0.5, 0.6) is 11.5 Å². The fourth-order valence-electron chi connectivity index (χ4n) is 1.63. The van der Waals surface area contributed by atoms with Gasteiger partial charge < -0.3 is 14.8 Å². The fraction of sp³-hybridized carbons (Fsp3) is 0.0714. The molecule has 0 unspecified atom stereocenters. The van der Waals surface area contributed by atoms with Crippen molar-refractivity contribution in [2.45, 2.75) is 6.92 Å². The lowest BCUT2D eigenvalue weighted by atomic mass is 9.80. The Bertz CT molecular complexity index is 618. The average molecular weight is 253 g/mol. The number of hydrogen-bond donors (Lipinski definition) is 2. The summed E-state index contributed by atoms with van der Waals surface area (Å²) < 4.78 is 5.60. The molecule has 0 aliphatic heterocycles. The van der Waals surface area contributed by atoms with E-state index in [9.17, 15) is 0 Å². The number of nitrogens with zero attached hydrogens (tertiary/aromatic N) is 1. The van der Waals surface area contributed by atoms with Crippen LogP contribution in [0.1, 0.15) is 11.1 Å². The Morgan fingerprint density at radius 1 is 1.05 bits per heavy atom. The summed E-state index contributed by atoms with van der Waals surface area (Å²) in [6, 6.07) is 13.8. The molecule has 4 nitrogen and oxygen atoms in total. The molecule has 0 aliphatic carbocycles. The first-order valence-corrected chi connectivity index (χ1v) is 5.75. The fourth-order valence-corrected chi connectivity index (χ4v) is 1.63. The molecule has 0 bridgehead atoms. The second kappa shape index (κ2) is 5.57. The molecule has 2 rings (SSSR count). The predicted molar refractivity (Wildman–Crippen MR) is 72.2 cm³/mol. The summed E-state index contributed by atoms with van der Waals surface area (Å²) in [6.07, 6.45) is 0. The Morgan fingerprint density at radius 2 is 1.68 bits per heavy atom. The Balaban J connectivity index is 2.19. The van der Waals surface area contributed by atoms with Crippen LogP contribution in [0.4, 0.5) is 0 Å². The van der Waals surface area contributed by atoms with E-state index in [-0.39, 0.29) is 0 Å². The number of rotatable bonds is 3. The number of nitriles is 1. The van der Waals surface area contributed by atoms with Crippen LogP contribution in [-0.4, -0.2) is 17.2 Å². The molecular weight excluding hydrogens is 241 g/mol. The van der Waals surface area contributed by atoms with Crippen LogP contribution in [0, 0.1) is 18.3 Å². The van der Waals surface area contributed by atoms with E-state index in [1.807, 2.05) is 13.0 Å². The number of ether oxygens (including phenoxy) is 1. The molecule has 0 saturated carbocycles. The molecule has 94 valence electrons. The number of aryl methyl sites for hydroxylation is 1. The van der Waals surface area contributed by atoms with Crippen molar-refractivity contribution in [3.63, 3.8) is 0 Å². The molecule has 0 fully saturated rings. The zero-order valence-corrected chi connectivity index (χ0v) is 10.4. The highest BCUT2D eigenvalue weighted by molar-refractivity contribution is 6.58. The van der Waals surface area contributed by atoms with Gasteiger partial charge in [-0.25, -0.2) is 0 Å². The number of benzene rings is 2. The van der Waals surface area contributed by atoms with Gasteiger partial charge in [0.2, 0.25) is 0 Å². The highest BCUT2D eigenvalue weighted by Crippen LogP contribution is 2.23. The van der Waals surface area contributed by atoms with Crippen LogP contribution < -0.4 is 10.2 Å². The molecule has 0 aromatic heterocycles. The maximum Gasteiger partial charge on any atom is 0.488 e. The average Bonchev–Trinajstić information content (AvgIpc) is 2.41. The minimum Gasteiger partial charge on any atom is -0.457 e. The highest BCUT2D eigenvalue weighted by Gasteiger charge is 2.10. The topological polar surface area (TPSA) is 73.5 Å². The lowest BCUT2D eigenvalue weighted by Crippen LogP contribution is -2.29. The predicted octanol–water partition coefficient (Wildman–Crippen LogP) is 1.34. The van der Waals surface area contributed by atoms with E-state index in [1.54, 1.807) is 36.4 Å². The largest absolute Gasteiger partial charge is 0.488 e. The van der Waals surface area contributed by atoms with Gasteiger partial charge in [-0.15, -0.1) is 0 Å². The molecule has 0 spiro atoms. The summed E-state index contributed by atoms with van der Waals surface area (Å²) in [7, 11) is -1.49. The first kappa shape index (κ1) is 13.2. The Kier molecular flexibility index (Phi) is 3.86. The third-order valence-corrected chi connectivity index (χ3v) is 2.74. The maximum atomic E-state index is 8.98. The van der Waals surface area contributed by atoms with Crippen LogP contribution in [0.3, 0.4) is 0 Å². The van der Waals surface area contributed by atoms with Crippen molar-refractivity contribution in [2.75, 3.05) is 0 Å². The molecule has 2 aromatic rings. The summed E-state index contributed by atoms with van der Waals surface area (Å²) in [4.78, 5) is 0. The summed E-state index contributed by atoms with van der Waals surface area (Å²) >= 11 is 0. The number of hydrogen-bond acceptors (Lipinski definition) is 4. The Hall–Kier alpha value is -2.29. The van der Waals surface area contributed by atoms with Crippen molar-refractivity contribution in [3.8, 4) is 17.6 Å². The van der Waals surface area contributed by atoms with Crippen LogP contribution in [0.25, 0.3) is 0 Å². The van der Waals surface area contributed by atoms with Gasteiger partial charge in [-0.1, -0.05) is 18.2 Å². The van der Waals surface area contributed by atoms with Crippen LogP contribution in [0.15, 0.2) is 42.5 Å². The lowest BCUT2D eigenvalue weighted by molar-refractivity contribution is 0.425. The molecule has 0 aliphatic rings. The highest BCUT2D eigenvalue weighted by atomic mass is 16.5. The van der Waals surface area contributed by atoms with Crippen molar-refractivity contribution in [1.82, 2.24) is 0 Å². The molecule has 0 atom stereocenters. The zero-order chi connectivity index (χ0) is 13.8. The van der Waals surface area contributed by atoms with Crippen molar-refractivity contribution < 1.29 is 14.8 Å². The first-order chi connectivity index (χ1) is 9.10. The molecule has 5 heteroatoms. The van der Waals surface area contributed by atoms with E-state index < -0.39 is 7.12 Å². The van der Waals surface area contributed by atoms with Crippen LogP contribution in [-0.2, 0) is 0 Å². The third kappa shape index (κ3) is 3.13. The second-order valence-electron chi connectivity index (χ2n) is 4.13. The standard InChI is InChI=1S/C14H12BNO3/c1-10-2-5-14(8-11(10)9-16)19-13-6-3-12(4-7-13)15(17)18/h2-8,17-18H,1H3. The molecular formula is C14H12BNO3. The SMILES string of the molecule is Cc1ccc(Oc2ccc(B(O)O)cc2)cc1C#N. The smallest absolute Gasteiger partial charge is 0.457 e. The van der Waals surface area contributed by atoms with Gasteiger partial charge in [-0.3, -0.25) is 0 Å². The lowest BCUT2D eigenvalue weighted by Gasteiger charge is -2.07. The molecule has 0 heterocycles. The van der Waals surface area contributed by atoms with E-state index in [1.165, 1.54) is 0 Å². The normalized spacial score (nSPS) is 9.79.